The molecule has 5 heteroatoms. The SMILES string of the molecule is CCCCN(CC)Cc1sc(=O)[nH]c1-c1ccc(Cl)c(C)c1. The van der Waals surface area contributed by atoms with E-state index >= 15 is 0 Å². The summed E-state index contributed by atoms with van der Waals surface area (Å²) in [5.74, 6) is 0. The van der Waals surface area contributed by atoms with Gasteiger partial charge in [0.2, 0.25) is 0 Å². The molecular formula is C17H23ClN2OS. The monoisotopic (exact) mass is 338 g/mol. The third kappa shape index (κ3) is 4.22. The standard InChI is InChI=1S/C17H23ClN2OS/c1-4-6-9-20(5-2)11-15-16(19-17(21)22-15)13-7-8-14(18)12(3)10-13/h7-8,10H,4-6,9,11H2,1-3H3,(H,19,21). The molecule has 0 spiro atoms. The van der Waals surface area contributed by atoms with Crippen LogP contribution in [0.4, 0.5) is 0 Å². The van der Waals surface area contributed by atoms with E-state index in [0.29, 0.717) is 0 Å². The topological polar surface area (TPSA) is 36.1 Å². The van der Waals surface area contributed by atoms with Crippen molar-refractivity contribution < 1.29 is 0 Å². The molecule has 0 radical (unpaired) electrons. The second-order valence-corrected chi connectivity index (χ2v) is 6.97. The molecule has 2 aromatic rings. The number of benzene rings is 1. The van der Waals surface area contributed by atoms with Crippen molar-refractivity contribution in [3.63, 3.8) is 0 Å². The van der Waals surface area contributed by atoms with Gasteiger partial charge in [-0.2, -0.15) is 0 Å². The van der Waals surface area contributed by atoms with Gasteiger partial charge in [-0.05, 0) is 49.7 Å². The third-order valence-electron chi connectivity index (χ3n) is 3.81. The summed E-state index contributed by atoms with van der Waals surface area (Å²) < 4.78 is 0. The minimum absolute atomic E-state index is 0.00384. The Bertz CT molecular complexity index is 678. The number of hydrogen-bond donors (Lipinski definition) is 1. The van der Waals surface area contributed by atoms with E-state index in [1.54, 1.807) is 0 Å². The highest BCUT2D eigenvalue weighted by atomic mass is 35.5. The number of unbranched alkanes of at least 4 members (excludes halogenated alkanes) is 1. The van der Waals surface area contributed by atoms with Gasteiger partial charge in [0.25, 0.3) is 0 Å². The molecule has 1 heterocycles. The Hall–Kier alpha value is -1.10. The van der Waals surface area contributed by atoms with Gasteiger partial charge < -0.3 is 4.98 Å². The number of rotatable bonds is 7. The van der Waals surface area contributed by atoms with Crippen LogP contribution in [0.2, 0.25) is 5.02 Å². The molecule has 1 N–H and O–H groups in total. The molecular weight excluding hydrogens is 316 g/mol. The van der Waals surface area contributed by atoms with Crippen molar-refractivity contribution in [3.05, 3.63) is 43.3 Å². The van der Waals surface area contributed by atoms with Gasteiger partial charge in [-0.3, -0.25) is 9.69 Å². The van der Waals surface area contributed by atoms with Crippen molar-refractivity contribution >= 4 is 22.9 Å². The number of thiazole rings is 1. The largest absolute Gasteiger partial charge is 0.312 e. The second-order valence-electron chi connectivity index (χ2n) is 5.50. The van der Waals surface area contributed by atoms with Crippen molar-refractivity contribution in [2.24, 2.45) is 0 Å². The molecule has 22 heavy (non-hydrogen) atoms. The van der Waals surface area contributed by atoms with Gasteiger partial charge in [0.15, 0.2) is 0 Å². The normalized spacial score (nSPS) is 11.3. The first-order chi connectivity index (χ1) is 10.5. The first-order valence-electron chi connectivity index (χ1n) is 7.76. The molecule has 1 aromatic carbocycles. The van der Waals surface area contributed by atoms with Crippen LogP contribution in [0.5, 0.6) is 0 Å². The van der Waals surface area contributed by atoms with Gasteiger partial charge in [0, 0.05) is 16.4 Å². The molecule has 0 unspecified atom stereocenters. The lowest BCUT2D eigenvalue weighted by atomic mass is 10.1. The van der Waals surface area contributed by atoms with Crippen molar-refractivity contribution in [1.29, 1.82) is 0 Å². The second kappa shape index (κ2) is 7.95. The Morgan fingerprint density at radius 3 is 2.73 bits per heavy atom. The summed E-state index contributed by atoms with van der Waals surface area (Å²) in [6.45, 7) is 9.22. The lowest BCUT2D eigenvalue weighted by molar-refractivity contribution is 0.278. The smallest absolute Gasteiger partial charge is 0.305 e. The molecule has 120 valence electrons. The van der Waals surface area contributed by atoms with E-state index in [2.05, 4.69) is 23.7 Å². The quantitative estimate of drug-likeness (QED) is 0.795. The Kier molecular flexibility index (Phi) is 6.24. The Morgan fingerprint density at radius 2 is 2.09 bits per heavy atom. The molecule has 0 aliphatic heterocycles. The summed E-state index contributed by atoms with van der Waals surface area (Å²) in [5, 5.41) is 0.751. The van der Waals surface area contributed by atoms with E-state index in [4.69, 9.17) is 11.6 Å². The van der Waals surface area contributed by atoms with Crippen LogP contribution in [-0.4, -0.2) is 23.0 Å². The number of halogens is 1. The van der Waals surface area contributed by atoms with Crippen LogP contribution < -0.4 is 4.87 Å². The van der Waals surface area contributed by atoms with Crippen molar-refractivity contribution in [1.82, 2.24) is 9.88 Å². The van der Waals surface area contributed by atoms with Crippen LogP contribution in [0.1, 0.15) is 37.1 Å². The molecule has 2 rings (SSSR count). The van der Waals surface area contributed by atoms with E-state index in [1.165, 1.54) is 24.2 Å². The number of aromatic amines is 1. The van der Waals surface area contributed by atoms with Crippen LogP contribution in [-0.2, 0) is 6.54 Å². The maximum absolute atomic E-state index is 11.8. The molecule has 0 atom stereocenters. The van der Waals surface area contributed by atoms with Crippen LogP contribution in [0, 0.1) is 6.92 Å². The van der Waals surface area contributed by atoms with Gasteiger partial charge in [0.05, 0.1) is 5.69 Å². The molecule has 3 nitrogen and oxygen atoms in total. The minimum atomic E-state index is 0.00384. The molecule has 0 bridgehead atoms. The van der Waals surface area contributed by atoms with Gasteiger partial charge in [0.1, 0.15) is 0 Å². The molecule has 0 aliphatic rings. The molecule has 1 aromatic heterocycles. The Balaban J connectivity index is 2.29. The van der Waals surface area contributed by atoms with Crippen LogP contribution in [0.3, 0.4) is 0 Å². The lowest BCUT2D eigenvalue weighted by Gasteiger charge is -2.19. The maximum atomic E-state index is 11.8. The highest BCUT2D eigenvalue weighted by Gasteiger charge is 2.14. The summed E-state index contributed by atoms with van der Waals surface area (Å²) >= 11 is 7.41. The maximum Gasteiger partial charge on any atom is 0.305 e. The van der Waals surface area contributed by atoms with Crippen LogP contribution >= 0.6 is 22.9 Å². The first-order valence-corrected chi connectivity index (χ1v) is 8.95. The van der Waals surface area contributed by atoms with Crippen molar-refractivity contribution in [2.45, 2.75) is 40.2 Å². The number of hydrogen-bond acceptors (Lipinski definition) is 3. The first kappa shape index (κ1) is 17.3. The summed E-state index contributed by atoms with van der Waals surface area (Å²) in [7, 11) is 0. The molecule has 0 saturated carbocycles. The zero-order valence-electron chi connectivity index (χ0n) is 13.4. The average Bonchev–Trinajstić information content (AvgIpc) is 2.87. The van der Waals surface area contributed by atoms with E-state index in [-0.39, 0.29) is 4.87 Å². The summed E-state index contributed by atoms with van der Waals surface area (Å²) in [6, 6.07) is 5.89. The fraction of sp³-hybridized carbons (Fsp3) is 0.471. The summed E-state index contributed by atoms with van der Waals surface area (Å²) in [4.78, 5) is 18.3. The lowest BCUT2D eigenvalue weighted by Crippen LogP contribution is -2.23. The van der Waals surface area contributed by atoms with Gasteiger partial charge in [-0.15, -0.1) is 0 Å². The van der Waals surface area contributed by atoms with E-state index in [9.17, 15) is 4.79 Å². The number of aryl methyl sites for hydroxylation is 1. The highest BCUT2D eigenvalue weighted by Crippen LogP contribution is 2.28. The van der Waals surface area contributed by atoms with Crippen molar-refractivity contribution in [3.8, 4) is 11.3 Å². The number of H-pyrrole nitrogens is 1. The number of nitrogens with one attached hydrogen (secondary N) is 1. The highest BCUT2D eigenvalue weighted by molar-refractivity contribution is 7.09. The number of aromatic nitrogens is 1. The van der Waals surface area contributed by atoms with Gasteiger partial charge in [-0.25, -0.2) is 0 Å². The average molecular weight is 339 g/mol. The zero-order valence-corrected chi connectivity index (χ0v) is 15.0. The summed E-state index contributed by atoms with van der Waals surface area (Å²) in [5.41, 5.74) is 2.99. The Labute approximate surface area is 140 Å². The summed E-state index contributed by atoms with van der Waals surface area (Å²) in [6.07, 6.45) is 2.37. The third-order valence-corrected chi connectivity index (χ3v) is 5.10. The molecule has 0 saturated heterocycles. The van der Waals surface area contributed by atoms with E-state index in [0.717, 1.165) is 46.4 Å². The van der Waals surface area contributed by atoms with Crippen molar-refractivity contribution in [2.75, 3.05) is 13.1 Å². The molecule has 0 fully saturated rings. The van der Waals surface area contributed by atoms with Crippen LogP contribution in [0.15, 0.2) is 23.0 Å². The molecule has 0 amide bonds. The number of nitrogens with zero attached hydrogens (tertiary/aromatic N) is 1. The fourth-order valence-electron chi connectivity index (χ4n) is 2.44. The van der Waals surface area contributed by atoms with Gasteiger partial charge >= 0.3 is 4.87 Å². The molecule has 0 aliphatic carbocycles. The zero-order chi connectivity index (χ0) is 16.1. The van der Waals surface area contributed by atoms with Crippen LogP contribution in [0.25, 0.3) is 11.3 Å². The van der Waals surface area contributed by atoms with Gasteiger partial charge in [-0.1, -0.05) is 49.3 Å². The van der Waals surface area contributed by atoms with E-state index in [1.807, 2.05) is 25.1 Å². The fourth-order valence-corrected chi connectivity index (χ4v) is 3.45. The minimum Gasteiger partial charge on any atom is -0.312 e. The Morgan fingerprint density at radius 1 is 1.32 bits per heavy atom. The predicted molar refractivity (Wildman–Crippen MR) is 96.0 cm³/mol. The predicted octanol–water partition coefficient (Wildman–Crippen LogP) is 4.69. The van der Waals surface area contributed by atoms with E-state index < -0.39 is 0 Å².